The zero-order chi connectivity index (χ0) is 18.1. The first-order valence-corrected chi connectivity index (χ1v) is 8.69. The Morgan fingerprint density at radius 2 is 2.15 bits per heavy atom. The van der Waals surface area contributed by atoms with Gasteiger partial charge in [-0.1, -0.05) is 17.4 Å². The van der Waals surface area contributed by atoms with Crippen LogP contribution < -0.4 is 10.9 Å². The smallest absolute Gasteiger partial charge is 0.267 e. The number of fused-ring (bicyclic) bond motifs is 1. The molecule has 3 heterocycles. The summed E-state index contributed by atoms with van der Waals surface area (Å²) >= 11 is 1.39. The van der Waals surface area contributed by atoms with Crippen molar-refractivity contribution in [1.29, 1.82) is 0 Å². The number of rotatable bonds is 4. The van der Waals surface area contributed by atoms with Crippen molar-refractivity contribution in [3.63, 3.8) is 0 Å². The molecule has 130 valence electrons. The molecule has 0 saturated heterocycles. The topological polar surface area (TPSA) is 90.0 Å². The molecule has 0 aliphatic heterocycles. The van der Waals surface area contributed by atoms with Crippen LogP contribution in [-0.4, -0.2) is 20.7 Å². The van der Waals surface area contributed by atoms with Gasteiger partial charge in [-0.25, -0.2) is 9.67 Å². The molecule has 4 rings (SSSR count). The highest BCUT2D eigenvalue weighted by Gasteiger charge is 2.12. The Hall–Kier alpha value is -3.26. The van der Waals surface area contributed by atoms with E-state index in [2.05, 4.69) is 15.4 Å². The number of anilines is 1. The van der Waals surface area contributed by atoms with E-state index in [4.69, 9.17) is 4.42 Å². The van der Waals surface area contributed by atoms with Gasteiger partial charge in [0.15, 0.2) is 10.9 Å². The molecule has 0 saturated carbocycles. The summed E-state index contributed by atoms with van der Waals surface area (Å²) in [6.45, 7) is 1.80. The van der Waals surface area contributed by atoms with Crippen molar-refractivity contribution in [1.82, 2.24) is 14.8 Å². The predicted molar refractivity (Wildman–Crippen MR) is 99.2 cm³/mol. The summed E-state index contributed by atoms with van der Waals surface area (Å²) in [4.78, 5) is 28.7. The molecular weight excluding hydrogens is 352 g/mol. The zero-order valence-electron chi connectivity index (χ0n) is 13.8. The Kier molecular flexibility index (Phi) is 4.10. The van der Waals surface area contributed by atoms with Crippen molar-refractivity contribution in [2.24, 2.45) is 0 Å². The Bertz CT molecular complexity index is 1140. The van der Waals surface area contributed by atoms with Crippen molar-refractivity contribution >= 4 is 32.6 Å². The number of benzene rings is 1. The summed E-state index contributed by atoms with van der Waals surface area (Å²) in [6, 6.07) is 12.3. The fraction of sp³-hybridized carbons (Fsp3) is 0.111. The molecule has 0 fully saturated rings. The van der Waals surface area contributed by atoms with Gasteiger partial charge in [-0.15, -0.1) is 0 Å². The molecule has 7 nitrogen and oxygen atoms in total. The number of aromatic nitrogens is 3. The fourth-order valence-electron chi connectivity index (χ4n) is 2.50. The van der Waals surface area contributed by atoms with Crippen LogP contribution in [0.25, 0.3) is 21.7 Å². The third kappa shape index (κ3) is 3.27. The Morgan fingerprint density at radius 1 is 1.27 bits per heavy atom. The second-order valence-corrected chi connectivity index (χ2v) is 6.76. The van der Waals surface area contributed by atoms with E-state index in [0.717, 1.165) is 20.5 Å². The molecule has 1 N–H and O–H groups in total. The van der Waals surface area contributed by atoms with E-state index in [9.17, 15) is 9.59 Å². The third-order valence-electron chi connectivity index (χ3n) is 3.72. The van der Waals surface area contributed by atoms with Crippen LogP contribution in [0.1, 0.15) is 5.56 Å². The number of nitrogens with one attached hydrogen (secondary N) is 1. The van der Waals surface area contributed by atoms with Gasteiger partial charge in [0.2, 0.25) is 5.91 Å². The first-order valence-electron chi connectivity index (χ1n) is 7.87. The monoisotopic (exact) mass is 366 g/mol. The van der Waals surface area contributed by atoms with Crippen LogP contribution in [0.15, 0.2) is 57.9 Å². The number of amides is 1. The number of hydrogen-bond donors (Lipinski definition) is 1. The zero-order valence-corrected chi connectivity index (χ0v) is 14.6. The lowest BCUT2D eigenvalue weighted by atomic mass is 10.2. The van der Waals surface area contributed by atoms with Crippen molar-refractivity contribution < 1.29 is 9.21 Å². The second kappa shape index (κ2) is 6.57. The SMILES string of the molecule is Cc1ccc2nc(NC(=O)Cn3nc(-c4ccco4)ccc3=O)sc2c1. The standard InChI is InChI=1S/C18H14N4O3S/c1-11-4-5-13-15(9-11)26-18(19-13)20-16(23)10-22-17(24)7-6-12(21-22)14-3-2-8-25-14/h2-9H,10H2,1H3,(H,19,20,23). The van der Waals surface area contributed by atoms with E-state index in [0.29, 0.717) is 16.6 Å². The Balaban J connectivity index is 1.54. The van der Waals surface area contributed by atoms with Gasteiger partial charge in [0.25, 0.3) is 5.56 Å². The normalized spacial score (nSPS) is 11.0. The van der Waals surface area contributed by atoms with E-state index in [-0.39, 0.29) is 18.0 Å². The molecule has 4 aromatic rings. The maximum Gasteiger partial charge on any atom is 0.267 e. The summed E-state index contributed by atoms with van der Waals surface area (Å²) in [5, 5.41) is 7.40. The van der Waals surface area contributed by atoms with Crippen molar-refractivity contribution in [2.45, 2.75) is 13.5 Å². The molecule has 0 bridgehead atoms. The number of carbonyl (C=O) groups is 1. The Labute approximate surface area is 151 Å². The van der Waals surface area contributed by atoms with Crippen LogP contribution in [-0.2, 0) is 11.3 Å². The maximum atomic E-state index is 12.3. The molecule has 0 atom stereocenters. The van der Waals surface area contributed by atoms with Gasteiger partial charge < -0.3 is 9.73 Å². The minimum Gasteiger partial charge on any atom is -0.463 e. The molecule has 0 spiro atoms. The van der Waals surface area contributed by atoms with Gasteiger partial charge >= 0.3 is 0 Å². The molecule has 0 unspecified atom stereocenters. The summed E-state index contributed by atoms with van der Waals surface area (Å²) in [5.74, 6) is 0.160. The highest BCUT2D eigenvalue weighted by molar-refractivity contribution is 7.22. The average Bonchev–Trinajstić information content (AvgIpc) is 3.25. The average molecular weight is 366 g/mol. The van der Waals surface area contributed by atoms with E-state index in [1.54, 1.807) is 18.2 Å². The van der Waals surface area contributed by atoms with Crippen LogP contribution >= 0.6 is 11.3 Å². The first-order chi connectivity index (χ1) is 12.6. The van der Waals surface area contributed by atoms with Gasteiger partial charge in [-0.05, 0) is 42.8 Å². The number of thiazole rings is 1. The molecule has 0 aliphatic rings. The lowest BCUT2D eigenvalue weighted by Gasteiger charge is -2.05. The van der Waals surface area contributed by atoms with Gasteiger partial charge in [0.1, 0.15) is 12.2 Å². The van der Waals surface area contributed by atoms with Gasteiger partial charge in [-0.3, -0.25) is 9.59 Å². The number of furan rings is 1. The summed E-state index contributed by atoms with van der Waals surface area (Å²) in [5.41, 5.74) is 2.07. The number of nitrogens with zero attached hydrogens (tertiary/aromatic N) is 3. The number of hydrogen-bond acceptors (Lipinski definition) is 6. The van der Waals surface area contributed by atoms with Crippen LogP contribution in [0.5, 0.6) is 0 Å². The fourth-order valence-corrected chi connectivity index (χ4v) is 3.48. The molecule has 26 heavy (non-hydrogen) atoms. The van der Waals surface area contributed by atoms with E-state index in [1.165, 1.54) is 23.7 Å². The number of carbonyl (C=O) groups excluding carboxylic acids is 1. The first kappa shape index (κ1) is 16.2. The summed E-state index contributed by atoms with van der Waals surface area (Å²) in [7, 11) is 0. The van der Waals surface area contributed by atoms with Crippen molar-refractivity contribution in [3.05, 3.63) is 64.6 Å². The predicted octanol–water partition coefficient (Wildman–Crippen LogP) is 3.06. The van der Waals surface area contributed by atoms with Crippen molar-refractivity contribution in [3.8, 4) is 11.5 Å². The molecule has 0 aliphatic carbocycles. The quantitative estimate of drug-likeness (QED) is 0.599. The van der Waals surface area contributed by atoms with Crippen LogP contribution in [0.2, 0.25) is 0 Å². The van der Waals surface area contributed by atoms with E-state index >= 15 is 0 Å². The van der Waals surface area contributed by atoms with Crippen LogP contribution in [0.4, 0.5) is 5.13 Å². The molecule has 0 radical (unpaired) electrons. The lowest BCUT2D eigenvalue weighted by Crippen LogP contribution is -2.29. The van der Waals surface area contributed by atoms with Gasteiger partial charge in [0, 0.05) is 6.07 Å². The molecule has 8 heteroatoms. The largest absolute Gasteiger partial charge is 0.463 e. The van der Waals surface area contributed by atoms with Gasteiger partial charge in [-0.2, -0.15) is 5.10 Å². The van der Waals surface area contributed by atoms with Crippen molar-refractivity contribution in [2.75, 3.05) is 5.32 Å². The van der Waals surface area contributed by atoms with E-state index in [1.807, 2.05) is 25.1 Å². The third-order valence-corrected chi connectivity index (χ3v) is 4.66. The molecule has 1 amide bonds. The molecule has 1 aromatic carbocycles. The van der Waals surface area contributed by atoms with Gasteiger partial charge in [0.05, 0.1) is 16.5 Å². The highest BCUT2D eigenvalue weighted by atomic mass is 32.1. The minimum atomic E-state index is -0.369. The van der Waals surface area contributed by atoms with E-state index < -0.39 is 0 Å². The summed E-state index contributed by atoms with van der Waals surface area (Å²) < 4.78 is 7.37. The maximum absolute atomic E-state index is 12.3. The minimum absolute atomic E-state index is 0.206. The van der Waals surface area contributed by atoms with Crippen LogP contribution in [0, 0.1) is 6.92 Å². The lowest BCUT2D eigenvalue weighted by molar-refractivity contribution is -0.117. The van der Waals surface area contributed by atoms with Crippen LogP contribution in [0.3, 0.4) is 0 Å². The highest BCUT2D eigenvalue weighted by Crippen LogP contribution is 2.26. The second-order valence-electron chi connectivity index (χ2n) is 5.73. The Morgan fingerprint density at radius 3 is 2.96 bits per heavy atom. The molecule has 3 aromatic heterocycles. The molecular formula is C18H14N4O3S. The number of aryl methyl sites for hydroxylation is 1. The summed E-state index contributed by atoms with van der Waals surface area (Å²) in [6.07, 6.45) is 1.52.